The molecule has 2 aromatic rings. The van der Waals surface area contributed by atoms with Gasteiger partial charge in [-0.2, -0.15) is 0 Å². The molecule has 6 nitrogen and oxygen atoms in total. The van der Waals surface area contributed by atoms with Crippen LogP contribution in [-0.2, 0) is 19.1 Å². The molecule has 0 saturated heterocycles. The number of anilines is 1. The minimum absolute atomic E-state index is 0.166. The van der Waals surface area contributed by atoms with Crippen LogP contribution in [0.15, 0.2) is 53.4 Å². The normalized spacial score (nSPS) is 10.1. The van der Waals surface area contributed by atoms with Crippen LogP contribution in [0.4, 0.5) is 5.69 Å². The summed E-state index contributed by atoms with van der Waals surface area (Å²) in [5.74, 6) is -1.06. The van der Waals surface area contributed by atoms with Crippen LogP contribution in [0.1, 0.15) is 16.8 Å². The number of para-hydroxylation sites is 1. The van der Waals surface area contributed by atoms with Crippen LogP contribution in [0.25, 0.3) is 0 Å². The highest BCUT2D eigenvalue weighted by atomic mass is 35.5. The molecule has 0 spiro atoms. The van der Waals surface area contributed by atoms with E-state index in [1.165, 1.54) is 24.9 Å². The molecule has 0 aliphatic carbocycles. The molecule has 0 heterocycles. The lowest BCUT2D eigenvalue weighted by Crippen LogP contribution is -2.22. The molecule has 0 saturated carbocycles. The zero-order valence-corrected chi connectivity index (χ0v) is 16.1. The molecule has 1 amide bonds. The lowest BCUT2D eigenvalue weighted by atomic mass is 10.2. The molecule has 2 aromatic carbocycles. The molecule has 0 unspecified atom stereocenters. The second-order valence-corrected chi connectivity index (χ2v) is 6.90. The number of rotatable bonds is 8. The molecule has 2 rings (SSSR count). The summed E-state index contributed by atoms with van der Waals surface area (Å²) in [4.78, 5) is 36.4. The summed E-state index contributed by atoms with van der Waals surface area (Å²) in [7, 11) is 1.25. The maximum absolute atomic E-state index is 11.9. The van der Waals surface area contributed by atoms with Gasteiger partial charge in [-0.1, -0.05) is 23.7 Å². The quantitative estimate of drug-likeness (QED) is 0.529. The SMILES string of the molecule is COC(=O)c1ccccc1NC(=O)COC(=O)CCSc1ccc(Cl)cc1. The Morgan fingerprint density at radius 1 is 1.07 bits per heavy atom. The number of methoxy groups -OCH3 is 1. The van der Waals surface area contributed by atoms with Crippen LogP contribution in [0.2, 0.25) is 5.02 Å². The van der Waals surface area contributed by atoms with Gasteiger partial charge in [0.2, 0.25) is 0 Å². The Morgan fingerprint density at radius 2 is 1.78 bits per heavy atom. The van der Waals surface area contributed by atoms with E-state index < -0.39 is 24.5 Å². The topological polar surface area (TPSA) is 81.7 Å². The van der Waals surface area contributed by atoms with Crippen molar-refractivity contribution in [2.24, 2.45) is 0 Å². The minimum atomic E-state index is -0.567. The van der Waals surface area contributed by atoms with E-state index in [4.69, 9.17) is 16.3 Å². The molecule has 27 heavy (non-hydrogen) atoms. The number of carbonyl (C=O) groups is 3. The van der Waals surface area contributed by atoms with E-state index in [-0.39, 0.29) is 12.0 Å². The number of carbonyl (C=O) groups excluding carboxylic acids is 3. The number of benzene rings is 2. The molecule has 0 aliphatic rings. The van der Waals surface area contributed by atoms with E-state index in [2.05, 4.69) is 10.1 Å². The Morgan fingerprint density at radius 3 is 2.48 bits per heavy atom. The maximum atomic E-state index is 11.9. The Kier molecular flexibility index (Phi) is 8.16. The van der Waals surface area contributed by atoms with Crippen LogP contribution < -0.4 is 5.32 Å². The number of hydrogen-bond acceptors (Lipinski definition) is 6. The average Bonchev–Trinajstić information content (AvgIpc) is 2.68. The van der Waals surface area contributed by atoms with Crippen LogP contribution in [0, 0.1) is 0 Å². The first kappa shape index (κ1) is 20.8. The fourth-order valence-electron chi connectivity index (χ4n) is 2.07. The van der Waals surface area contributed by atoms with Gasteiger partial charge in [0.05, 0.1) is 24.8 Å². The zero-order valence-electron chi connectivity index (χ0n) is 14.6. The van der Waals surface area contributed by atoms with Crippen molar-refractivity contribution in [1.82, 2.24) is 0 Å². The first-order valence-electron chi connectivity index (χ1n) is 8.01. The maximum Gasteiger partial charge on any atom is 0.339 e. The number of hydrogen-bond donors (Lipinski definition) is 1. The standard InChI is InChI=1S/C19H18ClNO5S/c1-25-19(24)15-4-2-3-5-16(15)21-17(22)12-26-18(23)10-11-27-14-8-6-13(20)7-9-14/h2-9H,10-12H2,1H3,(H,21,22). The van der Waals surface area contributed by atoms with Crippen molar-refractivity contribution in [3.63, 3.8) is 0 Å². The number of ether oxygens (including phenoxy) is 2. The van der Waals surface area contributed by atoms with Gasteiger partial charge in [0.15, 0.2) is 6.61 Å². The molecule has 0 fully saturated rings. The first-order chi connectivity index (χ1) is 13.0. The monoisotopic (exact) mass is 407 g/mol. The highest BCUT2D eigenvalue weighted by Crippen LogP contribution is 2.21. The second kappa shape index (κ2) is 10.6. The predicted octanol–water partition coefficient (Wildman–Crippen LogP) is 3.79. The van der Waals surface area contributed by atoms with E-state index >= 15 is 0 Å². The molecule has 0 atom stereocenters. The lowest BCUT2D eigenvalue weighted by molar-refractivity contribution is -0.146. The van der Waals surface area contributed by atoms with Gasteiger partial charge in [0.1, 0.15) is 0 Å². The Labute approximate surface area is 166 Å². The van der Waals surface area contributed by atoms with Crippen molar-refractivity contribution in [3.05, 3.63) is 59.1 Å². The smallest absolute Gasteiger partial charge is 0.339 e. The van der Waals surface area contributed by atoms with Gasteiger partial charge >= 0.3 is 11.9 Å². The molecule has 8 heteroatoms. The Hall–Kier alpha value is -2.51. The van der Waals surface area contributed by atoms with E-state index in [1.807, 2.05) is 12.1 Å². The van der Waals surface area contributed by atoms with Crippen LogP contribution >= 0.6 is 23.4 Å². The Bertz CT molecular complexity index is 810. The lowest BCUT2D eigenvalue weighted by Gasteiger charge is -2.10. The van der Waals surface area contributed by atoms with Crippen molar-refractivity contribution in [2.45, 2.75) is 11.3 Å². The third kappa shape index (κ3) is 6.96. The highest BCUT2D eigenvalue weighted by molar-refractivity contribution is 7.99. The largest absolute Gasteiger partial charge is 0.465 e. The molecule has 142 valence electrons. The zero-order chi connectivity index (χ0) is 19.6. The van der Waals surface area contributed by atoms with E-state index in [0.717, 1.165) is 4.90 Å². The summed E-state index contributed by atoms with van der Waals surface area (Å²) in [6.45, 7) is -0.431. The molecule has 0 radical (unpaired) electrons. The number of thioether (sulfide) groups is 1. The number of nitrogens with one attached hydrogen (secondary N) is 1. The summed E-state index contributed by atoms with van der Waals surface area (Å²) in [6.07, 6.45) is 0.166. The molecular weight excluding hydrogens is 390 g/mol. The first-order valence-corrected chi connectivity index (χ1v) is 9.37. The summed E-state index contributed by atoms with van der Waals surface area (Å²) < 4.78 is 9.62. The van der Waals surface area contributed by atoms with Crippen LogP contribution in [0.5, 0.6) is 0 Å². The number of esters is 2. The fourth-order valence-corrected chi connectivity index (χ4v) is 3.03. The number of halogens is 1. The van der Waals surface area contributed by atoms with Crippen LogP contribution in [-0.4, -0.2) is 37.3 Å². The number of amides is 1. The van der Waals surface area contributed by atoms with Gasteiger partial charge in [-0.15, -0.1) is 11.8 Å². The second-order valence-electron chi connectivity index (χ2n) is 5.30. The van der Waals surface area contributed by atoms with Crippen molar-refractivity contribution < 1.29 is 23.9 Å². The van der Waals surface area contributed by atoms with Crippen molar-refractivity contribution >= 4 is 46.9 Å². The molecule has 0 aromatic heterocycles. The van der Waals surface area contributed by atoms with Gasteiger partial charge in [0.25, 0.3) is 5.91 Å². The van der Waals surface area contributed by atoms with Crippen LogP contribution in [0.3, 0.4) is 0 Å². The van der Waals surface area contributed by atoms with Gasteiger partial charge in [-0.3, -0.25) is 9.59 Å². The summed E-state index contributed by atoms with van der Waals surface area (Å²) >= 11 is 7.30. The summed E-state index contributed by atoms with van der Waals surface area (Å²) in [5.41, 5.74) is 0.516. The third-order valence-electron chi connectivity index (χ3n) is 3.36. The van der Waals surface area contributed by atoms with Crippen molar-refractivity contribution in [3.8, 4) is 0 Å². The van der Waals surface area contributed by atoms with Gasteiger partial charge in [-0.25, -0.2) is 4.79 Å². The summed E-state index contributed by atoms with van der Waals surface area (Å²) in [6, 6.07) is 13.7. The van der Waals surface area contributed by atoms with E-state index in [9.17, 15) is 14.4 Å². The fraction of sp³-hybridized carbons (Fsp3) is 0.211. The minimum Gasteiger partial charge on any atom is -0.465 e. The van der Waals surface area contributed by atoms with Crippen molar-refractivity contribution in [1.29, 1.82) is 0 Å². The van der Waals surface area contributed by atoms with E-state index in [0.29, 0.717) is 16.5 Å². The van der Waals surface area contributed by atoms with Gasteiger partial charge in [-0.05, 0) is 36.4 Å². The van der Waals surface area contributed by atoms with Gasteiger partial charge < -0.3 is 14.8 Å². The highest BCUT2D eigenvalue weighted by Gasteiger charge is 2.14. The molecule has 1 N–H and O–H groups in total. The van der Waals surface area contributed by atoms with Crippen molar-refractivity contribution in [2.75, 3.05) is 24.8 Å². The molecular formula is C19H18ClNO5S. The van der Waals surface area contributed by atoms with Gasteiger partial charge in [0, 0.05) is 15.7 Å². The summed E-state index contributed by atoms with van der Waals surface area (Å²) in [5, 5.41) is 3.19. The predicted molar refractivity (Wildman–Crippen MR) is 104 cm³/mol. The average molecular weight is 408 g/mol. The third-order valence-corrected chi connectivity index (χ3v) is 4.62. The molecule has 0 bridgehead atoms. The molecule has 0 aliphatic heterocycles. The van der Waals surface area contributed by atoms with E-state index in [1.54, 1.807) is 30.3 Å². The Balaban J connectivity index is 1.74.